The lowest BCUT2D eigenvalue weighted by Gasteiger charge is -2.27. The highest BCUT2D eigenvalue weighted by Gasteiger charge is 2.35. The number of rotatable bonds is 11. The van der Waals surface area contributed by atoms with E-state index in [1.54, 1.807) is 30.3 Å². The fourth-order valence-electron chi connectivity index (χ4n) is 5.81. The molecular formula is C32H27N5O12S. The quantitative estimate of drug-likeness (QED) is 0.0750. The number of non-ortho nitro benzene ring substituents is 2. The summed E-state index contributed by atoms with van der Waals surface area (Å²) in [5.74, 6) is -2.73. The Labute approximate surface area is 282 Å². The maximum Gasteiger partial charge on any atom is 0.270 e. The SMILES string of the molecule is CS(=O)(=O)O.O=C(CCNCCN1C(=O)c2cccc3cc([N+](=O)[O-])cc(c23)C1=O)CCN1C(=O)c2cccc3cc([N+](=O)[O-])cc(c23)C1=O. The first-order chi connectivity index (χ1) is 23.6. The van der Waals surface area contributed by atoms with Gasteiger partial charge in [0.05, 0.1) is 27.2 Å². The number of nitrogens with zero attached hydrogens (tertiary/aromatic N) is 4. The Morgan fingerprint density at radius 3 is 1.56 bits per heavy atom. The van der Waals surface area contributed by atoms with Crippen LogP contribution in [0.5, 0.6) is 0 Å². The summed E-state index contributed by atoms with van der Waals surface area (Å²) in [6, 6.07) is 14.4. The van der Waals surface area contributed by atoms with E-state index >= 15 is 0 Å². The van der Waals surface area contributed by atoms with Crippen LogP contribution in [0.1, 0.15) is 54.3 Å². The summed E-state index contributed by atoms with van der Waals surface area (Å²) in [5, 5.41) is 27.3. The normalized spacial score (nSPS) is 13.8. The van der Waals surface area contributed by atoms with Crippen molar-refractivity contribution in [2.45, 2.75) is 12.8 Å². The first kappa shape index (κ1) is 35.3. The molecule has 0 atom stereocenters. The van der Waals surface area contributed by atoms with Crippen LogP contribution in [0.3, 0.4) is 0 Å². The molecule has 4 aromatic carbocycles. The van der Waals surface area contributed by atoms with Gasteiger partial charge in [-0.1, -0.05) is 24.3 Å². The van der Waals surface area contributed by atoms with Gasteiger partial charge in [0.1, 0.15) is 5.78 Å². The van der Waals surface area contributed by atoms with Crippen LogP contribution in [-0.4, -0.2) is 94.5 Å². The minimum Gasteiger partial charge on any atom is -0.315 e. The third-order valence-electron chi connectivity index (χ3n) is 7.95. The van der Waals surface area contributed by atoms with Crippen LogP contribution in [0, 0.1) is 20.2 Å². The van der Waals surface area contributed by atoms with Gasteiger partial charge >= 0.3 is 0 Å². The standard InChI is InChI=1S/C31H23N5O9.CH4O3S/c37-21(8-11-33-28(38)22-5-1-3-17-13-19(35(42)43)15-24(26(17)22)30(33)40)7-9-32-10-12-34-29(39)23-6-2-4-18-14-20(36(44)45)16-25(27(18)23)31(34)41;1-5(2,3)4/h1-6,13-16,32H,7-12H2;1H3,(H,2,3,4). The summed E-state index contributed by atoms with van der Waals surface area (Å²) in [6.07, 6.45) is 0.610. The van der Waals surface area contributed by atoms with Gasteiger partial charge in [-0.3, -0.25) is 58.6 Å². The van der Waals surface area contributed by atoms with Gasteiger partial charge in [-0.25, -0.2) is 0 Å². The average Bonchev–Trinajstić information content (AvgIpc) is 3.05. The molecule has 2 N–H and O–H groups in total. The number of hydrogen-bond donors (Lipinski definition) is 2. The molecular weight excluding hydrogens is 678 g/mol. The largest absolute Gasteiger partial charge is 0.315 e. The number of amides is 4. The van der Waals surface area contributed by atoms with Crippen LogP contribution in [0.4, 0.5) is 11.4 Å². The molecule has 0 saturated heterocycles. The zero-order valence-electron chi connectivity index (χ0n) is 26.2. The van der Waals surface area contributed by atoms with E-state index in [0.29, 0.717) is 27.8 Å². The van der Waals surface area contributed by atoms with Crippen molar-refractivity contribution in [3.63, 3.8) is 0 Å². The molecule has 0 spiro atoms. The lowest BCUT2D eigenvalue weighted by Crippen LogP contribution is -2.44. The van der Waals surface area contributed by atoms with E-state index in [-0.39, 0.29) is 78.4 Å². The molecule has 4 aromatic rings. The van der Waals surface area contributed by atoms with Crippen molar-refractivity contribution in [1.82, 2.24) is 15.1 Å². The molecule has 0 bridgehead atoms. The molecule has 50 heavy (non-hydrogen) atoms. The zero-order chi connectivity index (χ0) is 36.5. The number of Topliss-reactive ketones (excluding diaryl/α,β-unsaturated/α-hetero) is 1. The Morgan fingerprint density at radius 1 is 0.700 bits per heavy atom. The Hall–Kier alpha value is -5.98. The molecule has 2 heterocycles. The maximum atomic E-state index is 13.2. The number of nitrogens with one attached hydrogen (secondary N) is 1. The summed E-state index contributed by atoms with van der Waals surface area (Å²) in [4.78, 5) is 88.6. The zero-order valence-corrected chi connectivity index (χ0v) is 27.0. The summed E-state index contributed by atoms with van der Waals surface area (Å²) < 4.78 is 25.9. The molecule has 18 heteroatoms. The van der Waals surface area contributed by atoms with Gasteiger partial charge < -0.3 is 5.32 Å². The van der Waals surface area contributed by atoms with Crippen LogP contribution < -0.4 is 5.32 Å². The first-order valence-electron chi connectivity index (χ1n) is 14.9. The third kappa shape index (κ3) is 7.21. The van der Waals surface area contributed by atoms with E-state index in [2.05, 4.69) is 5.32 Å². The van der Waals surface area contributed by atoms with E-state index in [9.17, 15) is 52.6 Å². The minimum atomic E-state index is -3.67. The Bertz CT molecular complexity index is 2260. The van der Waals surface area contributed by atoms with E-state index in [1.807, 2.05) is 0 Å². The summed E-state index contributed by atoms with van der Waals surface area (Å²) in [5.41, 5.74) is 0.0434. The molecule has 0 fully saturated rings. The van der Waals surface area contributed by atoms with Crippen molar-refractivity contribution in [2.24, 2.45) is 0 Å². The molecule has 2 aliphatic heterocycles. The molecule has 0 aromatic heterocycles. The summed E-state index contributed by atoms with van der Waals surface area (Å²) in [7, 11) is -3.67. The topological polar surface area (TPSA) is 245 Å². The molecule has 17 nitrogen and oxygen atoms in total. The second-order valence-corrected chi connectivity index (χ2v) is 12.8. The highest BCUT2D eigenvalue weighted by Crippen LogP contribution is 2.35. The number of nitro groups is 2. The Kier molecular flexibility index (Phi) is 9.80. The second kappa shape index (κ2) is 13.9. The highest BCUT2D eigenvalue weighted by molar-refractivity contribution is 7.85. The van der Waals surface area contributed by atoms with Gasteiger partial charge in [-0.2, -0.15) is 8.42 Å². The molecule has 0 unspecified atom stereocenters. The third-order valence-corrected chi connectivity index (χ3v) is 7.95. The Balaban J connectivity index is 0.000000908. The van der Waals surface area contributed by atoms with Crippen molar-refractivity contribution in [3.8, 4) is 0 Å². The van der Waals surface area contributed by atoms with E-state index in [0.717, 1.165) is 21.9 Å². The van der Waals surface area contributed by atoms with Crippen LogP contribution in [-0.2, 0) is 14.9 Å². The van der Waals surface area contributed by atoms with Gasteiger partial charge in [0.25, 0.3) is 45.1 Å². The van der Waals surface area contributed by atoms with E-state index in [4.69, 9.17) is 4.55 Å². The van der Waals surface area contributed by atoms with Crippen molar-refractivity contribution in [1.29, 1.82) is 0 Å². The molecule has 6 rings (SSSR count). The number of carbonyl (C=O) groups excluding carboxylic acids is 5. The van der Waals surface area contributed by atoms with Crippen LogP contribution in [0.2, 0.25) is 0 Å². The van der Waals surface area contributed by atoms with E-state index in [1.165, 1.54) is 18.2 Å². The minimum absolute atomic E-state index is 0.0267. The molecule has 258 valence electrons. The van der Waals surface area contributed by atoms with Crippen LogP contribution in [0.15, 0.2) is 60.7 Å². The van der Waals surface area contributed by atoms with Crippen molar-refractivity contribution < 1.29 is 46.8 Å². The van der Waals surface area contributed by atoms with Crippen LogP contribution >= 0.6 is 0 Å². The number of carbonyl (C=O) groups is 5. The molecule has 0 radical (unpaired) electrons. The van der Waals surface area contributed by atoms with Crippen molar-refractivity contribution in [3.05, 3.63) is 103 Å². The monoisotopic (exact) mass is 705 g/mol. The van der Waals surface area contributed by atoms with Gasteiger partial charge in [-0.15, -0.1) is 0 Å². The van der Waals surface area contributed by atoms with Crippen LogP contribution in [0.25, 0.3) is 21.5 Å². The summed E-state index contributed by atoms with van der Waals surface area (Å²) >= 11 is 0. The number of imide groups is 2. The lowest BCUT2D eigenvalue weighted by molar-refractivity contribution is -0.384. The Morgan fingerprint density at radius 2 is 1.12 bits per heavy atom. The number of benzene rings is 4. The fraction of sp³-hybridized carbons (Fsp3) is 0.219. The van der Waals surface area contributed by atoms with Gasteiger partial charge in [-0.05, 0) is 22.9 Å². The van der Waals surface area contributed by atoms with Crippen molar-refractivity contribution in [2.75, 3.05) is 32.4 Å². The molecule has 4 amide bonds. The highest BCUT2D eigenvalue weighted by atomic mass is 32.2. The predicted molar refractivity (Wildman–Crippen MR) is 177 cm³/mol. The second-order valence-electron chi connectivity index (χ2n) is 11.4. The lowest BCUT2D eigenvalue weighted by atomic mass is 9.93. The number of ketones is 1. The van der Waals surface area contributed by atoms with Gasteiger partial charge in [0.2, 0.25) is 0 Å². The first-order valence-corrected chi connectivity index (χ1v) is 16.7. The van der Waals surface area contributed by atoms with Gasteiger partial charge in [0.15, 0.2) is 0 Å². The number of hydrogen-bond acceptors (Lipinski definition) is 12. The number of nitro benzene ring substituents is 2. The summed E-state index contributed by atoms with van der Waals surface area (Å²) in [6.45, 7) is 0.0811. The molecule has 0 saturated carbocycles. The van der Waals surface area contributed by atoms with Gasteiger partial charge in [0, 0.05) is 85.2 Å². The maximum absolute atomic E-state index is 13.2. The predicted octanol–water partition coefficient (Wildman–Crippen LogP) is 3.14. The van der Waals surface area contributed by atoms with E-state index < -0.39 is 43.6 Å². The molecule has 0 aliphatic carbocycles. The van der Waals surface area contributed by atoms with Crippen molar-refractivity contribution >= 4 is 72.4 Å². The molecule has 2 aliphatic rings. The fourth-order valence-corrected chi connectivity index (χ4v) is 5.81. The smallest absolute Gasteiger partial charge is 0.270 e. The average molecular weight is 706 g/mol.